The fourth-order valence-electron chi connectivity index (χ4n) is 1.86. The van der Waals surface area contributed by atoms with Crippen LogP contribution in [0.5, 0.6) is 0 Å². The minimum atomic E-state index is -3.54. The number of thiazole rings is 1. The molecule has 0 amide bonds. The van der Waals surface area contributed by atoms with E-state index in [1.54, 1.807) is 38.4 Å². The maximum absolute atomic E-state index is 12.6. The van der Waals surface area contributed by atoms with E-state index in [1.807, 2.05) is 12.3 Å². The highest BCUT2D eigenvalue weighted by Gasteiger charge is 2.24. The van der Waals surface area contributed by atoms with Gasteiger partial charge in [0, 0.05) is 19.5 Å². The molecule has 1 N–H and O–H groups in total. The van der Waals surface area contributed by atoms with E-state index in [2.05, 4.69) is 10.3 Å². The van der Waals surface area contributed by atoms with Crippen molar-refractivity contribution in [3.63, 3.8) is 0 Å². The van der Waals surface area contributed by atoms with Crippen molar-refractivity contribution < 1.29 is 8.42 Å². The van der Waals surface area contributed by atoms with E-state index >= 15 is 0 Å². The van der Waals surface area contributed by atoms with Crippen LogP contribution in [0.3, 0.4) is 0 Å². The largest absolute Gasteiger partial charge is 0.387 e. The van der Waals surface area contributed by atoms with Crippen LogP contribution in [-0.2, 0) is 16.6 Å². The second kappa shape index (κ2) is 5.90. The lowest BCUT2D eigenvalue weighted by Crippen LogP contribution is -2.27. The quantitative estimate of drug-likeness (QED) is 0.920. The Kier molecular flexibility index (Phi) is 4.42. The van der Waals surface area contributed by atoms with Crippen LogP contribution in [0.2, 0.25) is 0 Å². The molecule has 0 aliphatic carbocycles. The number of hydrogen-bond donors (Lipinski definition) is 1. The molecule has 0 unspecified atom stereocenters. The number of anilines is 1. The molecular weight excluding hydrogens is 294 g/mol. The third-order valence-electron chi connectivity index (χ3n) is 2.90. The SMILES string of the molecule is CNc1ccccc1S(=O)(=O)N(C)Cc1csc(C)n1. The van der Waals surface area contributed by atoms with Gasteiger partial charge in [-0.25, -0.2) is 13.4 Å². The van der Waals surface area contributed by atoms with Crippen LogP contribution in [0, 0.1) is 6.92 Å². The number of nitrogens with one attached hydrogen (secondary N) is 1. The highest BCUT2D eigenvalue weighted by Crippen LogP contribution is 2.24. The van der Waals surface area contributed by atoms with Gasteiger partial charge in [-0.2, -0.15) is 4.31 Å². The van der Waals surface area contributed by atoms with Crippen molar-refractivity contribution in [2.45, 2.75) is 18.4 Å². The molecule has 0 aliphatic heterocycles. The van der Waals surface area contributed by atoms with Crippen LogP contribution in [0.1, 0.15) is 10.7 Å². The number of nitrogens with zero attached hydrogens (tertiary/aromatic N) is 2. The molecule has 20 heavy (non-hydrogen) atoms. The molecule has 0 bridgehead atoms. The molecule has 1 aromatic heterocycles. The van der Waals surface area contributed by atoms with Gasteiger partial charge in [0.1, 0.15) is 4.90 Å². The number of aromatic nitrogens is 1. The first-order valence-corrected chi connectivity index (χ1v) is 8.41. The van der Waals surface area contributed by atoms with Crippen molar-refractivity contribution in [3.8, 4) is 0 Å². The third kappa shape index (κ3) is 3.00. The molecule has 0 saturated carbocycles. The van der Waals surface area contributed by atoms with Crippen LogP contribution in [0.25, 0.3) is 0 Å². The lowest BCUT2D eigenvalue weighted by Gasteiger charge is -2.18. The third-order valence-corrected chi connectivity index (χ3v) is 5.58. The van der Waals surface area contributed by atoms with Gasteiger partial charge >= 0.3 is 0 Å². The van der Waals surface area contributed by atoms with Gasteiger partial charge in [-0.15, -0.1) is 11.3 Å². The maximum Gasteiger partial charge on any atom is 0.245 e. The monoisotopic (exact) mass is 311 g/mol. The maximum atomic E-state index is 12.6. The van der Waals surface area contributed by atoms with Crippen LogP contribution >= 0.6 is 11.3 Å². The summed E-state index contributed by atoms with van der Waals surface area (Å²) < 4.78 is 26.5. The van der Waals surface area contributed by atoms with Gasteiger partial charge in [-0.05, 0) is 19.1 Å². The highest BCUT2D eigenvalue weighted by atomic mass is 32.2. The average molecular weight is 311 g/mol. The first kappa shape index (κ1) is 15.0. The zero-order valence-corrected chi connectivity index (χ0v) is 13.3. The van der Waals surface area contributed by atoms with Gasteiger partial charge in [0.2, 0.25) is 10.0 Å². The molecule has 108 valence electrons. The normalized spacial score (nSPS) is 11.8. The average Bonchev–Trinajstić information content (AvgIpc) is 2.84. The summed E-state index contributed by atoms with van der Waals surface area (Å²) in [4.78, 5) is 4.57. The number of rotatable bonds is 5. The summed E-state index contributed by atoms with van der Waals surface area (Å²) in [6.45, 7) is 2.17. The van der Waals surface area contributed by atoms with Crippen LogP contribution < -0.4 is 5.32 Å². The Balaban J connectivity index is 2.29. The molecule has 0 radical (unpaired) electrons. The van der Waals surface area contributed by atoms with Crippen molar-refractivity contribution in [1.82, 2.24) is 9.29 Å². The Morgan fingerprint density at radius 3 is 2.65 bits per heavy atom. The summed E-state index contributed by atoms with van der Waals surface area (Å²) >= 11 is 1.52. The molecule has 0 fully saturated rings. The molecule has 7 heteroatoms. The smallest absolute Gasteiger partial charge is 0.245 e. The fraction of sp³-hybridized carbons (Fsp3) is 0.308. The van der Waals surface area contributed by atoms with E-state index in [0.29, 0.717) is 5.69 Å². The molecule has 2 aromatic rings. The zero-order chi connectivity index (χ0) is 14.8. The van der Waals surface area contributed by atoms with Crippen molar-refractivity contribution in [2.24, 2.45) is 0 Å². The Labute approximate surface area is 123 Å². The van der Waals surface area contributed by atoms with Gasteiger partial charge in [0.05, 0.1) is 22.9 Å². The van der Waals surface area contributed by atoms with E-state index in [4.69, 9.17) is 0 Å². The lowest BCUT2D eigenvalue weighted by atomic mass is 10.3. The Morgan fingerprint density at radius 2 is 2.05 bits per heavy atom. The predicted octanol–water partition coefficient (Wildman–Crippen LogP) is 2.31. The van der Waals surface area contributed by atoms with Gasteiger partial charge in [0.15, 0.2) is 0 Å². The topological polar surface area (TPSA) is 62.3 Å². The number of sulfonamides is 1. The Morgan fingerprint density at radius 1 is 1.35 bits per heavy atom. The van der Waals surface area contributed by atoms with Crippen molar-refractivity contribution >= 4 is 27.0 Å². The first-order chi connectivity index (χ1) is 9.45. The molecule has 1 heterocycles. The molecule has 0 atom stereocenters. The Bertz CT molecular complexity index is 695. The van der Waals surface area contributed by atoms with E-state index in [-0.39, 0.29) is 11.4 Å². The van der Waals surface area contributed by atoms with Crippen molar-refractivity contribution in [2.75, 3.05) is 19.4 Å². The second-order valence-electron chi connectivity index (χ2n) is 4.37. The number of para-hydroxylation sites is 1. The van der Waals surface area contributed by atoms with Gasteiger partial charge in [0.25, 0.3) is 0 Å². The summed E-state index contributed by atoms with van der Waals surface area (Å²) in [5.74, 6) is 0. The van der Waals surface area contributed by atoms with E-state index in [1.165, 1.54) is 15.6 Å². The summed E-state index contributed by atoms with van der Waals surface area (Å²) in [6, 6.07) is 6.86. The highest BCUT2D eigenvalue weighted by molar-refractivity contribution is 7.89. The first-order valence-electron chi connectivity index (χ1n) is 6.09. The second-order valence-corrected chi connectivity index (χ2v) is 7.44. The summed E-state index contributed by atoms with van der Waals surface area (Å²) in [5, 5.41) is 5.72. The van der Waals surface area contributed by atoms with Gasteiger partial charge in [-0.3, -0.25) is 0 Å². The molecule has 2 rings (SSSR count). The summed E-state index contributed by atoms with van der Waals surface area (Å²) in [5.41, 5.74) is 1.36. The molecular formula is C13H17N3O2S2. The summed E-state index contributed by atoms with van der Waals surface area (Å²) in [7, 11) is -0.263. The fourth-order valence-corrected chi connectivity index (χ4v) is 3.80. The molecule has 0 spiro atoms. The van der Waals surface area contributed by atoms with Crippen LogP contribution in [0.15, 0.2) is 34.5 Å². The van der Waals surface area contributed by atoms with Gasteiger partial charge < -0.3 is 5.32 Å². The zero-order valence-electron chi connectivity index (χ0n) is 11.6. The minimum Gasteiger partial charge on any atom is -0.387 e. The predicted molar refractivity (Wildman–Crippen MR) is 81.5 cm³/mol. The van der Waals surface area contributed by atoms with Crippen molar-refractivity contribution in [3.05, 3.63) is 40.3 Å². The van der Waals surface area contributed by atoms with E-state index in [9.17, 15) is 8.42 Å². The minimum absolute atomic E-state index is 0.269. The van der Waals surface area contributed by atoms with E-state index in [0.717, 1.165) is 10.7 Å². The molecule has 0 aliphatic rings. The van der Waals surface area contributed by atoms with Crippen LogP contribution in [0.4, 0.5) is 5.69 Å². The molecule has 1 aromatic carbocycles. The standard InChI is InChI=1S/C13H17N3O2S2/c1-10-15-11(9-19-10)8-16(3)20(17,18)13-7-5-4-6-12(13)14-2/h4-7,9,14H,8H2,1-3H3. The van der Waals surface area contributed by atoms with Gasteiger partial charge in [-0.1, -0.05) is 12.1 Å². The number of hydrogen-bond acceptors (Lipinski definition) is 5. The van der Waals surface area contributed by atoms with Crippen molar-refractivity contribution in [1.29, 1.82) is 0 Å². The summed E-state index contributed by atoms with van der Waals surface area (Å²) in [6.07, 6.45) is 0. The number of benzene rings is 1. The molecule has 0 saturated heterocycles. The molecule has 5 nitrogen and oxygen atoms in total. The lowest BCUT2D eigenvalue weighted by molar-refractivity contribution is 0.463. The number of aryl methyl sites for hydroxylation is 1. The Hall–Kier alpha value is -1.44. The van der Waals surface area contributed by atoms with Crippen LogP contribution in [-0.4, -0.2) is 31.8 Å². The van der Waals surface area contributed by atoms with E-state index < -0.39 is 10.0 Å².